The molecule has 0 radical (unpaired) electrons. The lowest BCUT2D eigenvalue weighted by Gasteiger charge is -2.31. The molecule has 0 saturated carbocycles. The number of rotatable bonds is 7. The van der Waals surface area contributed by atoms with Crippen molar-refractivity contribution in [1.29, 1.82) is 0 Å². The number of ether oxygens (including phenoxy) is 2. The van der Waals surface area contributed by atoms with E-state index >= 15 is 0 Å². The van der Waals surface area contributed by atoms with E-state index in [9.17, 15) is 18.3 Å². The Balaban J connectivity index is 2.13. The maximum Gasteiger partial charge on any atom is 0.306 e. The summed E-state index contributed by atoms with van der Waals surface area (Å²) in [7, 11) is -2.36. The molecule has 1 aliphatic rings. The molecule has 0 fully saturated rings. The maximum atomic E-state index is 12.4. The Morgan fingerprint density at radius 3 is 2.50 bits per heavy atom. The van der Waals surface area contributed by atoms with E-state index in [0.717, 1.165) is 0 Å². The summed E-state index contributed by atoms with van der Waals surface area (Å²) in [5.74, 6) is -0.516. The van der Waals surface area contributed by atoms with E-state index < -0.39 is 40.8 Å². The molecule has 1 aromatic rings. The summed E-state index contributed by atoms with van der Waals surface area (Å²) in [4.78, 5) is 10.8. The van der Waals surface area contributed by atoms with Crippen molar-refractivity contribution in [2.45, 2.75) is 29.6 Å². The number of hydrogen-bond donors (Lipinski definition) is 3. The second-order valence-electron chi connectivity index (χ2n) is 5.20. The summed E-state index contributed by atoms with van der Waals surface area (Å²) >= 11 is 0. The van der Waals surface area contributed by atoms with E-state index in [4.69, 9.17) is 14.6 Å². The molecule has 24 heavy (non-hydrogen) atoms. The van der Waals surface area contributed by atoms with Crippen LogP contribution in [0.4, 0.5) is 0 Å². The smallest absolute Gasteiger partial charge is 0.306 e. The number of aliphatic carboxylic acids is 1. The van der Waals surface area contributed by atoms with Crippen molar-refractivity contribution >= 4 is 16.0 Å². The first kappa shape index (κ1) is 18.4. The molecule has 8 nitrogen and oxygen atoms in total. The van der Waals surface area contributed by atoms with Gasteiger partial charge < -0.3 is 19.7 Å². The molecular weight excluding hydrogens is 338 g/mol. The molecule has 0 saturated heterocycles. The van der Waals surface area contributed by atoms with Gasteiger partial charge in [0.15, 0.2) is 0 Å². The molecule has 3 N–H and O–H groups in total. The summed E-state index contributed by atoms with van der Waals surface area (Å²) in [5, 5.41) is 18.2. The summed E-state index contributed by atoms with van der Waals surface area (Å²) in [6, 6.07) is 5.04. The Bertz CT molecular complexity index is 699. The highest BCUT2D eigenvalue weighted by molar-refractivity contribution is 7.89. The van der Waals surface area contributed by atoms with Crippen LogP contribution in [-0.2, 0) is 19.6 Å². The number of hydrogen-bond acceptors (Lipinski definition) is 6. The van der Waals surface area contributed by atoms with E-state index in [-0.39, 0.29) is 11.3 Å². The Morgan fingerprint density at radius 1 is 1.29 bits per heavy atom. The number of carboxylic acids is 1. The molecular formula is C15H19NO7S. The molecule has 0 unspecified atom stereocenters. The largest absolute Gasteiger partial charge is 0.497 e. The zero-order chi connectivity index (χ0) is 17.7. The monoisotopic (exact) mass is 357 g/mol. The number of carbonyl (C=O) groups is 1. The number of aliphatic hydroxyl groups excluding tert-OH is 1. The van der Waals surface area contributed by atoms with Gasteiger partial charge in [0.2, 0.25) is 10.0 Å². The topological polar surface area (TPSA) is 122 Å². The third-order valence-electron chi connectivity index (χ3n) is 3.50. The molecule has 0 amide bonds. The van der Waals surface area contributed by atoms with Crippen molar-refractivity contribution < 1.29 is 32.9 Å². The Kier molecular flexibility index (Phi) is 5.94. The Labute approximate surface area is 139 Å². The number of benzene rings is 1. The van der Waals surface area contributed by atoms with Gasteiger partial charge in [-0.25, -0.2) is 13.1 Å². The first-order valence-corrected chi connectivity index (χ1v) is 8.67. The van der Waals surface area contributed by atoms with Crippen molar-refractivity contribution in [1.82, 2.24) is 4.72 Å². The van der Waals surface area contributed by atoms with Crippen LogP contribution in [0.15, 0.2) is 41.3 Å². The standard InChI is InChI=1S/C15H19NO7S/c1-22-10-2-5-12(6-3-10)24(20,21)16-13-7-4-11(8-15(18)19)23-14(13)9-17/h2-7,11,13-14,16-17H,8-9H2,1H3,(H,18,19)/t11-,13-,14+/m0/s1. The van der Waals surface area contributed by atoms with Gasteiger partial charge in [0.25, 0.3) is 0 Å². The van der Waals surface area contributed by atoms with Crippen LogP contribution in [0.5, 0.6) is 5.75 Å². The first-order valence-electron chi connectivity index (χ1n) is 7.18. The van der Waals surface area contributed by atoms with E-state index in [2.05, 4.69) is 4.72 Å². The maximum absolute atomic E-state index is 12.4. The summed E-state index contributed by atoms with van der Waals surface area (Å²) in [6.07, 6.45) is 1.14. The van der Waals surface area contributed by atoms with Crippen LogP contribution < -0.4 is 9.46 Å². The molecule has 9 heteroatoms. The average Bonchev–Trinajstić information content (AvgIpc) is 2.55. The lowest BCUT2D eigenvalue weighted by molar-refractivity contribution is -0.141. The molecule has 2 rings (SSSR count). The van der Waals surface area contributed by atoms with Gasteiger partial charge in [-0.1, -0.05) is 12.2 Å². The van der Waals surface area contributed by atoms with Gasteiger partial charge in [-0.15, -0.1) is 0 Å². The molecule has 0 aliphatic carbocycles. The zero-order valence-corrected chi connectivity index (χ0v) is 13.8. The fourth-order valence-corrected chi connectivity index (χ4v) is 3.50. The highest BCUT2D eigenvalue weighted by Gasteiger charge is 2.31. The summed E-state index contributed by atoms with van der Waals surface area (Å²) in [5.41, 5.74) is 0. The minimum absolute atomic E-state index is 0.0426. The number of methoxy groups -OCH3 is 1. The van der Waals surface area contributed by atoms with Crippen molar-refractivity contribution in [3.63, 3.8) is 0 Å². The number of aliphatic hydroxyl groups is 1. The second-order valence-corrected chi connectivity index (χ2v) is 6.91. The summed E-state index contributed by atoms with van der Waals surface area (Å²) < 4.78 is 37.6. The fourth-order valence-electron chi connectivity index (χ4n) is 2.28. The van der Waals surface area contributed by atoms with E-state index in [1.165, 1.54) is 43.5 Å². The van der Waals surface area contributed by atoms with Crippen LogP contribution in [0.2, 0.25) is 0 Å². The van der Waals surface area contributed by atoms with Crippen molar-refractivity contribution in [3.8, 4) is 5.75 Å². The van der Waals surface area contributed by atoms with Crippen molar-refractivity contribution in [2.24, 2.45) is 0 Å². The van der Waals surface area contributed by atoms with Crippen LogP contribution in [0.25, 0.3) is 0 Å². The summed E-state index contributed by atoms with van der Waals surface area (Å²) in [6.45, 7) is -0.448. The normalized spacial score (nSPS) is 23.8. The molecule has 0 spiro atoms. The third-order valence-corrected chi connectivity index (χ3v) is 4.98. The van der Waals surface area contributed by atoms with E-state index in [1.807, 2.05) is 0 Å². The van der Waals surface area contributed by atoms with Gasteiger partial charge in [-0.05, 0) is 24.3 Å². The molecule has 1 aromatic carbocycles. The van der Waals surface area contributed by atoms with E-state index in [1.54, 1.807) is 0 Å². The van der Waals surface area contributed by atoms with Crippen LogP contribution in [-0.4, -0.2) is 56.6 Å². The van der Waals surface area contributed by atoms with Crippen molar-refractivity contribution in [3.05, 3.63) is 36.4 Å². The van der Waals surface area contributed by atoms with Crippen LogP contribution in [0.3, 0.4) is 0 Å². The Hall–Kier alpha value is -1.94. The highest BCUT2D eigenvalue weighted by atomic mass is 32.2. The van der Waals surface area contributed by atoms with Gasteiger partial charge in [-0.3, -0.25) is 4.79 Å². The lowest BCUT2D eigenvalue weighted by atomic mass is 10.1. The molecule has 0 bridgehead atoms. The van der Waals surface area contributed by atoms with Gasteiger partial charge in [-0.2, -0.15) is 0 Å². The van der Waals surface area contributed by atoms with Gasteiger partial charge in [0.05, 0.1) is 37.2 Å². The van der Waals surface area contributed by atoms with Gasteiger partial charge >= 0.3 is 5.97 Å². The minimum Gasteiger partial charge on any atom is -0.497 e. The molecule has 1 aliphatic heterocycles. The predicted octanol–water partition coefficient (Wildman–Crippen LogP) is 0.133. The molecule has 3 atom stereocenters. The molecule has 132 valence electrons. The average molecular weight is 357 g/mol. The number of nitrogens with one attached hydrogen (secondary N) is 1. The quantitative estimate of drug-likeness (QED) is 0.593. The minimum atomic E-state index is -3.83. The zero-order valence-electron chi connectivity index (χ0n) is 13.0. The van der Waals surface area contributed by atoms with Gasteiger partial charge in [0.1, 0.15) is 11.9 Å². The number of carboxylic acid groups (broad SMARTS) is 1. The van der Waals surface area contributed by atoms with Crippen LogP contribution in [0.1, 0.15) is 6.42 Å². The van der Waals surface area contributed by atoms with E-state index in [0.29, 0.717) is 5.75 Å². The first-order chi connectivity index (χ1) is 11.4. The second kappa shape index (κ2) is 7.75. The SMILES string of the molecule is COc1ccc(S(=O)(=O)N[C@H]2C=C[C@@H](CC(=O)O)O[C@@H]2CO)cc1. The predicted molar refractivity (Wildman–Crippen MR) is 84.2 cm³/mol. The number of sulfonamides is 1. The highest BCUT2D eigenvalue weighted by Crippen LogP contribution is 2.19. The van der Waals surface area contributed by atoms with Crippen molar-refractivity contribution in [2.75, 3.05) is 13.7 Å². The lowest BCUT2D eigenvalue weighted by Crippen LogP contribution is -2.48. The van der Waals surface area contributed by atoms with Gasteiger partial charge in [0, 0.05) is 0 Å². The molecule has 0 aromatic heterocycles. The molecule has 1 heterocycles. The van der Waals surface area contributed by atoms with Crippen LogP contribution in [0, 0.1) is 0 Å². The fraction of sp³-hybridized carbons (Fsp3) is 0.400. The van der Waals surface area contributed by atoms with Crippen LogP contribution >= 0.6 is 0 Å². The Morgan fingerprint density at radius 2 is 1.96 bits per heavy atom. The third kappa shape index (κ3) is 4.54.